The first-order valence-corrected chi connectivity index (χ1v) is 6.45. The van der Waals surface area contributed by atoms with E-state index in [0.29, 0.717) is 17.7 Å². The molecule has 7 heteroatoms. The Morgan fingerprint density at radius 3 is 2.43 bits per heavy atom. The van der Waals surface area contributed by atoms with Crippen molar-refractivity contribution in [3.63, 3.8) is 0 Å². The molecular weight excluding hydrogens is 276 g/mol. The molecule has 0 saturated carbocycles. The van der Waals surface area contributed by atoms with Crippen molar-refractivity contribution in [3.05, 3.63) is 29.8 Å². The molecule has 2 N–H and O–H groups in total. The summed E-state index contributed by atoms with van der Waals surface area (Å²) in [4.78, 5) is 35.9. The van der Waals surface area contributed by atoms with Gasteiger partial charge in [0.1, 0.15) is 17.8 Å². The van der Waals surface area contributed by atoms with Crippen molar-refractivity contribution in [1.82, 2.24) is 10.2 Å². The SMILES string of the molecule is CCC1(c2ccc(OC)cc2)NC(=O)N(CC(=O)O)C1=O. The van der Waals surface area contributed by atoms with Crippen LogP contribution >= 0.6 is 0 Å². The van der Waals surface area contributed by atoms with E-state index in [-0.39, 0.29) is 0 Å². The van der Waals surface area contributed by atoms with Gasteiger partial charge in [0, 0.05) is 0 Å². The summed E-state index contributed by atoms with van der Waals surface area (Å²) in [5, 5.41) is 11.4. The van der Waals surface area contributed by atoms with Gasteiger partial charge in [-0.3, -0.25) is 14.5 Å². The van der Waals surface area contributed by atoms with Crippen LogP contribution in [0.4, 0.5) is 4.79 Å². The summed E-state index contributed by atoms with van der Waals surface area (Å²) in [6.07, 6.45) is 0.319. The number of benzene rings is 1. The number of rotatable bonds is 5. The van der Waals surface area contributed by atoms with Crippen molar-refractivity contribution >= 4 is 17.9 Å². The highest BCUT2D eigenvalue weighted by Gasteiger charge is 2.51. The van der Waals surface area contributed by atoms with E-state index in [1.807, 2.05) is 0 Å². The number of imide groups is 1. The van der Waals surface area contributed by atoms with Crippen molar-refractivity contribution < 1.29 is 24.2 Å². The molecule has 0 bridgehead atoms. The molecule has 1 unspecified atom stereocenters. The lowest BCUT2D eigenvalue weighted by Gasteiger charge is -2.25. The fourth-order valence-electron chi connectivity index (χ4n) is 2.42. The van der Waals surface area contributed by atoms with E-state index in [9.17, 15) is 14.4 Å². The normalized spacial score (nSPS) is 21.3. The first-order chi connectivity index (χ1) is 9.94. The average Bonchev–Trinajstić information content (AvgIpc) is 2.72. The molecule has 21 heavy (non-hydrogen) atoms. The second kappa shape index (κ2) is 5.43. The fourth-order valence-corrected chi connectivity index (χ4v) is 2.42. The molecule has 1 aromatic rings. The van der Waals surface area contributed by atoms with E-state index in [0.717, 1.165) is 4.90 Å². The van der Waals surface area contributed by atoms with Gasteiger partial charge in [0.25, 0.3) is 5.91 Å². The highest BCUT2D eigenvalue weighted by atomic mass is 16.5. The molecule has 0 aromatic heterocycles. The molecule has 1 aliphatic heterocycles. The Hall–Kier alpha value is -2.57. The maximum Gasteiger partial charge on any atom is 0.325 e. The lowest BCUT2D eigenvalue weighted by atomic mass is 9.87. The molecular formula is C14H16N2O5. The van der Waals surface area contributed by atoms with Gasteiger partial charge in [0.15, 0.2) is 0 Å². The van der Waals surface area contributed by atoms with Crippen LogP contribution < -0.4 is 10.1 Å². The third kappa shape index (κ3) is 2.42. The summed E-state index contributed by atoms with van der Waals surface area (Å²) in [6, 6.07) is 6.05. The zero-order valence-corrected chi connectivity index (χ0v) is 11.8. The Morgan fingerprint density at radius 1 is 1.33 bits per heavy atom. The maximum absolute atomic E-state index is 12.5. The number of ether oxygens (including phenoxy) is 1. The highest BCUT2D eigenvalue weighted by molar-refractivity contribution is 6.08. The number of nitrogens with one attached hydrogen (secondary N) is 1. The summed E-state index contributed by atoms with van der Waals surface area (Å²) >= 11 is 0. The largest absolute Gasteiger partial charge is 0.497 e. The van der Waals surface area contributed by atoms with Crippen LogP contribution in [0.5, 0.6) is 5.75 Å². The number of amides is 3. The standard InChI is InChI=1S/C14H16N2O5/c1-3-14(9-4-6-10(21-2)7-5-9)12(19)16(8-11(17)18)13(20)15-14/h4-7H,3,8H2,1-2H3,(H,15,20)(H,17,18). The molecule has 1 atom stereocenters. The first kappa shape index (κ1) is 14.8. The van der Waals surface area contributed by atoms with Gasteiger partial charge in [-0.15, -0.1) is 0 Å². The van der Waals surface area contributed by atoms with Gasteiger partial charge in [-0.05, 0) is 24.1 Å². The second-order valence-corrected chi connectivity index (χ2v) is 4.70. The van der Waals surface area contributed by atoms with Crippen molar-refractivity contribution in [2.24, 2.45) is 0 Å². The van der Waals surface area contributed by atoms with Gasteiger partial charge >= 0.3 is 12.0 Å². The van der Waals surface area contributed by atoms with Crippen LogP contribution in [-0.2, 0) is 15.1 Å². The van der Waals surface area contributed by atoms with Crippen molar-refractivity contribution in [3.8, 4) is 5.75 Å². The molecule has 0 aliphatic carbocycles. The third-order valence-electron chi connectivity index (χ3n) is 3.58. The van der Waals surface area contributed by atoms with Crippen LogP contribution in [-0.4, -0.2) is 41.6 Å². The van der Waals surface area contributed by atoms with Crippen LogP contribution in [0.1, 0.15) is 18.9 Å². The minimum absolute atomic E-state index is 0.319. The molecule has 0 radical (unpaired) electrons. The topological polar surface area (TPSA) is 95.9 Å². The predicted octanol–water partition coefficient (Wildman–Crippen LogP) is 0.937. The Labute approximate surface area is 121 Å². The van der Waals surface area contributed by atoms with Crippen molar-refractivity contribution in [2.75, 3.05) is 13.7 Å². The number of hydrogen-bond acceptors (Lipinski definition) is 4. The number of carboxylic acid groups (broad SMARTS) is 1. The van der Waals surface area contributed by atoms with Crippen LogP contribution in [0.25, 0.3) is 0 Å². The smallest absolute Gasteiger partial charge is 0.325 e. The Morgan fingerprint density at radius 2 is 1.95 bits per heavy atom. The molecule has 1 heterocycles. The van der Waals surface area contributed by atoms with E-state index in [1.165, 1.54) is 7.11 Å². The molecule has 2 rings (SSSR count). The number of hydrogen-bond donors (Lipinski definition) is 2. The summed E-state index contributed by atoms with van der Waals surface area (Å²) in [6.45, 7) is 1.11. The molecule has 1 aliphatic rings. The van der Waals surface area contributed by atoms with E-state index >= 15 is 0 Å². The number of nitrogens with zero attached hydrogens (tertiary/aromatic N) is 1. The average molecular weight is 292 g/mol. The quantitative estimate of drug-likeness (QED) is 0.787. The van der Waals surface area contributed by atoms with Gasteiger partial charge in [0.05, 0.1) is 7.11 Å². The third-order valence-corrected chi connectivity index (χ3v) is 3.58. The van der Waals surface area contributed by atoms with Gasteiger partial charge in [-0.25, -0.2) is 4.79 Å². The summed E-state index contributed by atoms with van der Waals surface area (Å²) < 4.78 is 5.06. The molecule has 1 fully saturated rings. The Balaban J connectivity index is 2.39. The number of carboxylic acids is 1. The van der Waals surface area contributed by atoms with Crippen LogP contribution in [0.2, 0.25) is 0 Å². The molecule has 1 saturated heterocycles. The maximum atomic E-state index is 12.5. The van der Waals surface area contributed by atoms with Crippen molar-refractivity contribution in [2.45, 2.75) is 18.9 Å². The molecule has 112 valence electrons. The van der Waals surface area contributed by atoms with E-state index < -0.39 is 30.0 Å². The molecule has 1 aromatic carbocycles. The van der Waals surface area contributed by atoms with Gasteiger partial charge in [-0.2, -0.15) is 0 Å². The highest BCUT2D eigenvalue weighted by Crippen LogP contribution is 2.33. The molecule has 3 amide bonds. The molecule has 0 spiro atoms. The Kier molecular flexibility index (Phi) is 3.84. The lowest BCUT2D eigenvalue weighted by Crippen LogP contribution is -2.43. The second-order valence-electron chi connectivity index (χ2n) is 4.70. The van der Waals surface area contributed by atoms with Gasteiger partial charge < -0.3 is 15.2 Å². The van der Waals surface area contributed by atoms with Crippen LogP contribution in [0, 0.1) is 0 Å². The van der Waals surface area contributed by atoms with Crippen molar-refractivity contribution in [1.29, 1.82) is 0 Å². The number of methoxy groups -OCH3 is 1. The number of carbonyl (C=O) groups is 3. The van der Waals surface area contributed by atoms with E-state index in [4.69, 9.17) is 9.84 Å². The monoisotopic (exact) mass is 292 g/mol. The number of carbonyl (C=O) groups excluding carboxylic acids is 2. The van der Waals surface area contributed by atoms with Crippen LogP contribution in [0.3, 0.4) is 0 Å². The molecule has 7 nitrogen and oxygen atoms in total. The fraction of sp³-hybridized carbons (Fsp3) is 0.357. The van der Waals surface area contributed by atoms with Gasteiger partial charge in [0.2, 0.25) is 0 Å². The Bertz CT molecular complexity index is 584. The minimum atomic E-state index is -1.24. The summed E-state index contributed by atoms with van der Waals surface area (Å²) in [5.41, 5.74) is -0.629. The first-order valence-electron chi connectivity index (χ1n) is 6.45. The zero-order valence-electron chi connectivity index (χ0n) is 11.8. The number of aliphatic carboxylic acids is 1. The van der Waals surface area contributed by atoms with Gasteiger partial charge in [-0.1, -0.05) is 19.1 Å². The van der Waals surface area contributed by atoms with Crippen LogP contribution in [0.15, 0.2) is 24.3 Å². The lowest BCUT2D eigenvalue weighted by molar-refractivity contribution is -0.143. The predicted molar refractivity (Wildman–Crippen MR) is 72.8 cm³/mol. The minimum Gasteiger partial charge on any atom is -0.497 e. The van der Waals surface area contributed by atoms with E-state index in [2.05, 4.69) is 5.32 Å². The number of urea groups is 1. The summed E-state index contributed by atoms with van der Waals surface area (Å²) in [7, 11) is 1.53. The summed E-state index contributed by atoms with van der Waals surface area (Å²) in [5.74, 6) is -1.16. The van der Waals surface area contributed by atoms with E-state index in [1.54, 1.807) is 31.2 Å². The zero-order chi connectivity index (χ0) is 15.6.